The molecule has 0 aromatic carbocycles. The second-order valence-corrected chi connectivity index (χ2v) is 4.69. The second-order valence-electron chi connectivity index (χ2n) is 4.69. The fourth-order valence-electron chi connectivity index (χ4n) is 2.21. The van der Waals surface area contributed by atoms with Crippen molar-refractivity contribution >= 4 is 0 Å². The first-order valence-electron chi connectivity index (χ1n) is 6.96. The van der Waals surface area contributed by atoms with Gasteiger partial charge in [-0.2, -0.15) is 0 Å². The summed E-state index contributed by atoms with van der Waals surface area (Å²) in [5.74, 6) is 0. The van der Waals surface area contributed by atoms with E-state index >= 15 is 0 Å². The molecule has 0 aliphatic heterocycles. The summed E-state index contributed by atoms with van der Waals surface area (Å²) in [5, 5.41) is 3.60. The van der Waals surface area contributed by atoms with E-state index in [1.807, 2.05) is 25.6 Å². The quantitative estimate of drug-likeness (QED) is 0.732. The molecule has 1 N–H and O–H groups in total. The summed E-state index contributed by atoms with van der Waals surface area (Å²) in [6.07, 6.45) is 8.41. The van der Waals surface area contributed by atoms with Gasteiger partial charge in [0.2, 0.25) is 0 Å². The Hall–Kier alpha value is -0.930. The highest BCUT2D eigenvalue weighted by atomic mass is 16.5. The van der Waals surface area contributed by atoms with Crippen LogP contribution in [-0.4, -0.2) is 30.8 Å². The lowest BCUT2D eigenvalue weighted by Crippen LogP contribution is -2.43. The number of ether oxygens (including phenoxy) is 1. The average Bonchev–Trinajstić information content (AvgIpc) is 2.42. The number of hydrogen-bond acceptors (Lipinski definition) is 3. The van der Waals surface area contributed by atoms with Crippen molar-refractivity contribution in [3.8, 4) is 0 Å². The van der Waals surface area contributed by atoms with E-state index in [0.29, 0.717) is 6.04 Å². The van der Waals surface area contributed by atoms with Crippen molar-refractivity contribution in [3.05, 3.63) is 30.1 Å². The highest BCUT2D eigenvalue weighted by Crippen LogP contribution is 2.12. The van der Waals surface area contributed by atoms with Gasteiger partial charge in [-0.25, -0.2) is 0 Å². The maximum Gasteiger partial charge on any atom is 0.0727 e. The zero-order valence-electron chi connectivity index (χ0n) is 11.9. The molecular weight excluding hydrogens is 224 g/mol. The lowest BCUT2D eigenvalue weighted by Gasteiger charge is -2.27. The highest BCUT2D eigenvalue weighted by molar-refractivity contribution is 5.10. The molecule has 102 valence electrons. The summed E-state index contributed by atoms with van der Waals surface area (Å²) in [7, 11) is 1.81. The van der Waals surface area contributed by atoms with Crippen LogP contribution in [0.5, 0.6) is 0 Å². The number of rotatable bonds is 9. The van der Waals surface area contributed by atoms with Crippen molar-refractivity contribution in [2.24, 2.45) is 0 Å². The number of nitrogens with one attached hydrogen (secondary N) is 1. The molecule has 0 fully saturated rings. The summed E-state index contributed by atoms with van der Waals surface area (Å²) in [6, 6.07) is 4.50. The van der Waals surface area contributed by atoms with E-state index in [4.69, 9.17) is 4.74 Å². The van der Waals surface area contributed by atoms with Crippen LogP contribution in [0.1, 0.15) is 38.7 Å². The molecule has 0 saturated heterocycles. The molecular formula is C15H26N2O. The van der Waals surface area contributed by atoms with Gasteiger partial charge in [0.25, 0.3) is 0 Å². The summed E-state index contributed by atoms with van der Waals surface area (Å²) in [6.45, 7) is 5.43. The predicted molar refractivity (Wildman–Crippen MR) is 75.7 cm³/mol. The van der Waals surface area contributed by atoms with Crippen molar-refractivity contribution in [1.29, 1.82) is 0 Å². The summed E-state index contributed by atoms with van der Waals surface area (Å²) < 4.78 is 5.64. The topological polar surface area (TPSA) is 34.2 Å². The van der Waals surface area contributed by atoms with E-state index < -0.39 is 0 Å². The molecule has 0 radical (unpaired) electrons. The fraction of sp³-hybridized carbons (Fsp3) is 0.667. The Bertz CT molecular complexity index is 303. The van der Waals surface area contributed by atoms with E-state index in [1.54, 1.807) is 0 Å². The van der Waals surface area contributed by atoms with Crippen LogP contribution in [0, 0.1) is 0 Å². The highest BCUT2D eigenvalue weighted by Gasteiger charge is 2.20. The molecule has 1 heterocycles. The van der Waals surface area contributed by atoms with Gasteiger partial charge in [0.1, 0.15) is 0 Å². The van der Waals surface area contributed by atoms with Gasteiger partial charge in [0, 0.05) is 25.5 Å². The number of methoxy groups -OCH3 is 1. The average molecular weight is 250 g/mol. The maximum atomic E-state index is 5.64. The number of nitrogens with zero attached hydrogens (tertiary/aromatic N) is 1. The molecule has 0 saturated carbocycles. The van der Waals surface area contributed by atoms with Crippen LogP contribution in [0.25, 0.3) is 0 Å². The molecule has 2 unspecified atom stereocenters. The zero-order chi connectivity index (χ0) is 13.2. The van der Waals surface area contributed by atoms with Gasteiger partial charge in [-0.3, -0.25) is 4.98 Å². The third-order valence-corrected chi connectivity index (χ3v) is 3.16. The largest absolute Gasteiger partial charge is 0.380 e. The first kappa shape index (κ1) is 15.1. The second kappa shape index (κ2) is 9.06. The van der Waals surface area contributed by atoms with Crippen LogP contribution >= 0.6 is 0 Å². The maximum absolute atomic E-state index is 5.64. The molecule has 3 nitrogen and oxygen atoms in total. The van der Waals surface area contributed by atoms with Crippen molar-refractivity contribution in [1.82, 2.24) is 10.3 Å². The van der Waals surface area contributed by atoms with E-state index in [9.17, 15) is 0 Å². The van der Waals surface area contributed by atoms with Gasteiger partial charge in [-0.05, 0) is 37.4 Å². The summed E-state index contributed by atoms with van der Waals surface area (Å²) in [5.41, 5.74) is 1.27. The van der Waals surface area contributed by atoms with Crippen LogP contribution in [-0.2, 0) is 11.2 Å². The van der Waals surface area contributed by atoms with E-state index in [0.717, 1.165) is 32.2 Å². The van der Waals surface area contributed by atoms with Crippen LogP contribution in [0.3, 0.4) is 0 Å². The molecule has 2 atom stereocenters. The standard InChI is InChI=1S/C15H26N2O/c1-4-7-15(18-3)14(17-9-5-2)11-13-8-6-10-16-12-13/h6,8,10,12,14-15,17H,4-5,7,9,11H2,1-3H3. The molecule has 0 aliphatic rings. The molecule has 0 aliphatic carbocycles. The van der Waals surface area contributed by atoms with Gasteiger partial charge in [0.05, 0.1) is 6.10 Å². The molecule has 0 bridgehead atoms. The lowest BCUT2D eigenvalue weighted by molar-refractivity contribution is 0.0609. The summed E-state index contributed by atoms with van der Waals surface area (Å²) >= 11 is 0. The Morgan fingerprint density at radius 1 is 1.33 bits per heavy atom. The van der Waals surface area contributed by atoms with Crippen molar-refractivity contribution in [2.45, 2.75) is 51.7 Å². The predicted octanol–water partition coefficient (Wildman–Crippen LogP) is 2.81. The Balaban J connectivity index is 2.64. The molecule has 0 amide bonds. The van der Waals surface area contributed by atoms with Gasteiger partial charge in [0.15, 0.2) is 0 Å². The SMILES string of the molecule is CCCNC(Cc1cccnc1)C(CCC)OC. The van der Waals surface area contributed by atoms with Crippen LogP contribution in [0.15, 0.2) is 24.5 Å². The monoisotopic (exact) mass is 250 g/mol. The Morgan fingerprint density at radius 2 is 2.17 bits per heavy atom. The number of aromatic nitrogens is 1. The minimum absolute atomic E-state index is 0.279. The molecule has 0 spiro atoms. The minimum atomic E-state index is 0.279. The van der Waals surface area contributed by atoms with Crippen molar-refractivity contribution in [3.63, 3.8) is 0 Å². The first-order chi connectivity index (χ1) is 8.81. The fourth-order valence-corrected chi connectivity index (χ4v) is 2.21. The van der Waals surface area contributed by atoms with Crippen LogP contribution in [0.4, 0.5) is 0 Å². The Labute approximate surface area is 111 Å². The molecule has 1 aromatic heterocycles. The Morgan fingerprint density at radius 3 is 2.72 bits per heavy atom. The van der Waals surface area contributed by atoms with Crippen molar-refractivity contribution in [2.75, 3.05) is 13.7 Å². The van der Waals surface area contributed by atoms with E-state index in [2.05, 4.69) is 30.2 Å². The number of pyridine rings is 1. The smallest absolute Gasteiger partial charge is 0.0727 e. The normalized spacial score (nSPS) is 14.4. The molecule has 18 heavy (non-hydrogen) atoms. The van der Waals surface area contributed by atoms with Crippen LogP contribution < -0.4 is 5.32 Å². The molecule has 3 heteroatoms. The third kappa shape index (κ3) is 5.15. The first-order valence-corrected chi connectivity index (χ1v) is 6.96. The lowest BCUT2D eigenvalue weighted by atomic mass is 9.99. The molecule has 1 rings (SSSR count). The van der Waals surface area contributed by atoms with Crippen LogP contribution in [0.2, 0.25) is 0 Å². The van der Waals surface area contributed by atoms with Crippen molar-refractivity contribution < 1.29 is 4.74 Å². The number of hydrogen-bond donors (Lipinski definition) is 1. The molecule has 1 aromatic rings. The van der Waals surface area contributed by atoms with Gasteiger partial charge >= 0.3 is 0 Å². The Kier molecular flexibility index (Phi) is 7.62. The van der Waals surface area contributed by atoms with Gasteiger partial charge in [-0.1, -0.05) is 26.3 Å². The van der Waals surface area contributed by atoms with E-state index in [1.165, 1.54) is 5.56 Å². The summed E-state index contributed by atoms with van der Waals surface area (Å²) in [4.78, 5) is 4.18. The van der Waals surface area contributed by atoms with Gasteiger partial charge in [-0.15, -0.1) is 0 Å². The third-order valence-electron chi connectivity index (χ3n) is 3.16. The van der Waals surface area contributed by atoms with Gasteiger partial charge < -0.3 is 10.1 Å². The zero-order valence-corrected chi connectivity index (χ0v) is 11.9. The van der Waals surface area contributed by atoms with E-state index in [-0.39, 0.29) is 6.10 Å². The minimum Gasteiger partial charge on any atom is -0.380 e.